The van der Waals surface area contributed by atoms with Gasteiger partial charge in [-0.2, -0.15) is 0 Å². The fraction of sp³-hybridized carbons (Fsp3) is 0.0600. The zero-order valence-electron chi connectivity index (χ0n) is 29.4. The Balaban J connectivity index is 1.10. The van der Waals surface area contributed by atoms with E-state index in [1.165, 1.54) is 59.5 Å². The van der Waals surface area contributed by atoms with Crippen molar-refractivity contribution in [3.05, 3.63) is 203 Å². The van der Waals surface area contributed by atoms with Crippen LogP contribution in [-0.2, 0) is 5.41 Å². The van der Waals surface area contributed by atoms with Crippen LogP contribution in [0.4, 0.5) is 0 Å². The molecule has 11 rings (SSSR count). The molecular weight excluding hydrogens is 675 g/mol. The second-order valence-corrected chi connectivity index (χ2v) is 15.3. The van der Waals surface area contributed by atoms with Crippen LogP contribution in [-0.4, -0.2) is 15.0 Å². The summed E-state index contributed by atoms with van der Waals surface area (Å²) < 4.78 is 0. The molecule has 3 nitrogen and oxygen atoms in total. The summed E-state index contributed by atoms with van der Waals surface area (Å²) in [5, 5.41) is 2.54. The first-order chi connectivity index (χ1) is 26.7. The maximum atomic E-state index is 5.17. The molecule has 7 aromatic carbocycles. The van der Waals surface area contributed by atoms with E-state index in [0.29, 0.717) is 17.5 Å². The minimum absolute atomic E-state index is 0.415. The first-order valence-corrected chi connectivity index (χ1v) is 19.4. The van der Waals surface area contributed by atoms with E-state index >= 15 is 0 Å². The van der Waals surface area contributed by atoms with Crippen LogP contribution >= 0.6 is 11.8 Å². The molecular formula is C50H33N3S. The van der Waals surface area contributed by atoms with Crippen LogP contribution in [0.3, 0.4) is 0 Å². The third-order valence-corrected chi connectivity index (χ3v) is 12.4. The molecule has 0 saturated heterocycles. The summed E-state index contributed by atoms with van der Waals surface area (Å²) in [5.74, 6) is 1.99. The predicted molar refractivity (Wildman–Crippen MR) is 222 cm³/mol. The smallest absolute Gasteiger partial charge is 0.164 e. The molecule has 4 heteroatoms. The molecule has 0 amide bonds. The number of fused-ring (bicyclic) bond motifs is 10. The van der Waals surface area contributed by atoms with E-state index in [1.54, 1.807) is 0 Å². The lowest BCUT2D eigenvalue weighted by Crippen LogP contribution is -2.33. The summed E-state index contributed by atoms with van der Waals surface area (Å²) in [4.78, 5) is 17.9. The number of hydrogen-bond acceptors (Lipinski definition) is 4. The molecule has 2 heterocycles. The van der Waals surface area contributed by atoms with Gasteiger partial charge in [0, 0.05) is 26.5 Å². The molecule has 1 aromatic heterocycles. The zero-order chi connectivity index (χ0) is 35.6. The van der Waals surface area contributed by atoms with Crippen molar-refractivity contribution in [2.45, 2.75) is 23.2 Å². The highest BCUT2D eigenvalue weighted by Crippen LogP contribution is 2.64. The maximum absolute atomic E-state index is 5.17. The Bertz CT molecular complexity index is 2840. The van der Waals surface area contributed by atoms with Gasteiger partial charge in [0.05, 0.1) is 5.41 Å². The summed E-state index contributed by atoms with van der Waals surface area (Å²) in [7, 11) is 0. The number of nitrogens with zero attached hydrogens (tertiary/aromatic N) is 3. The summed E-state index contributed by atoms with van der Waals surface area (Å²) in [6.07, 6.45) is 7.05. The summed E-state index contributed by atoms with van der Waals surface area (Å²) >= 11 is 1.89. The van der Waals surface area contributed by atoms with E-state index in [2.05, 4.69) is 152 Å². The van der Waals surface area contributed by atoms with Gasteiger partial charge in [0.1, 0.15) is 0 Å². The van der Waals surface area contributed by atoms with Crippen LogP contribution in [0.5, 0.6) is 0 Å². The van der Waals surface area contributed by atoms with Crippen molar-refractivity contribution in [3.63, 3.8) is 0 Å². The van der Waals surface area contributed by atoms with Gasteiger partial charge in [-0.15, -0.1) is 0 Å². The van der Waals surface area contributed by atoms with E-state index < -0.39 is 5.41 Å². The number of benzene rings is 7. The molecule has 1 atom stereocenters. The standard InChI is InChI=1S/C50H33N3S/c1-3-13-32(14-4-1)33-23-25-35(26-24-33)48-51-47(34-15-5-2-6-16-34)52-49(53-48)38-27-28-43-46(31-38)54-45-22-12-11-21-42(45)50(43)41-20-10-9-19-39(41)40-29-36-17-7-8-18-37(36)30-44(40)50/h1-10,13-31H,11-12H2. The minimum atomic E-state index is -0.415. The highest BCUT2D eigenvalue weighted by Gasteiger charge is 2.52. The molecule has 8 aromatic rings. The van der Waals surface area contributed by atoms with Crippen molar-refractivity contribution < 1.29 is 0 Å². The van der Waals surface area contributed by atoms with E-state index in [1.807, 2.05) is 36.0 Å². The Morgan fingerprint density at radius 2 is 0.963 bits per heavy atom. The predicted octanol–water partition coefficient (Wildman–Crippen LogP) is 12.7. The first kappa shape index (κ1) is 31.2. The number of thioether (sulfide) groups is 1. The molecule has 1 aliphatic heterocycles. The van der Waals surface area contributed by atoms with E-state index in [-0.39, 0.29) is 0 Å². The fourth-order valence-electron chi connectivity index (χ4n) is 8.74. The van der Waals surface area contributed by atoms with Gasteiger partial charge in [-0.05, 0) is 86.3 Å². The van der Waals surface area contributed by atoms with Crippen LogP contribution < -0.4 is 0 Å². The van der Waals surface area contributed by atoms with Gasteiger partial charge >= 0.3 is 0 Å². The van der Waals surface area contributed by atoms with Crippen LogP contribution in [0.2, 0.25) is 0 Å². The normalized spacial score (nSPS) is 16.6. The minimum Gasteiger partial charge on any atom is -0.208 e. The molecule has 254 valence electrons. The van der Waals surface area contributed by atoms with Gasteiger partial charge in [0.25, 0.3) is 0 Å². The Morgan fingerprint density at radius 1 is 0.407 bits per heavy atom. The molecule has 0 radical (unpaired) electrons. The molecule has 0 fully saturated rings. The van der Waals surface area contributed by atoms with E-state index in [9.17, 15) is 0 Å². The van der Waals surface area contributed by atoms with Gasteiger partial charge in [-0.1, -0.05) is 170 Å². The van der Waals surface area contributed by atoms with Gasteiger partial charge in [-0.3, -0.25) is 0 Å². The van der Waals surface area contributed by atoms with Gasteiger partial charge in [0.15, 0.2) is 17.5 Å². The van der Waals surface area contributed by atoms with Crippen LogP contribution in [0.25, 0.3) is 67.2 Å². The highest BCUT2D eigenvalue weighted by atomic mass is 32.2. The summed E-state index contributed by atoms with van der Waals surface area (Å²) in [6.45, 7) is 0. The van der Waals surface area contributed by atoms with Crippen LogP contribution in [0, 0.1) is 0 Å². The van der Waals surface area contributed by atoms with E-state index in [0.717, 1.165) is 35.1 Å². The Morgan fingerprint density at radius 3 is 1.72 bits per heavy atom. The average Bonchev–Trinajstić information content (AvgIpc) is 3.52. The zero-order valence-corrected chi connectivity index (χ0v) is 30.2. The van der Waals surface area contributed by atoms with Crippen molar-refractivity contribution in [2.75, 3.05) is 0 Å². The lowest BCUT2D eigenvalue weighted by molar-refractivity contribution is 0.725. The van der Waals surface area contributed by atoms with Crippen molar-refractivity contribution in [2.24, 2.45) is 0 Å². The molecule has 2 aliphatic carbocycles. The topological polar surface area (TPSA) is 38.7 Å². The highest BCUT2D eigenvalue weighted by molar-refractivity contribution is 8.03. The quantitative estimate of drug-likeness (QED) is 0.183. The summed E-state index contributed by atoms with van der Waals surface area (Å²) in [5.41, 5.74) is 12.9. The second kappa shape index (κ2) is 12.4. The molecule has 3 aliphatic rings. The van der Waals surface area contributed by atoms with Crippen molar-refractivity contribution in [3.8, 4) is 56.4 Å². The number of allylic oxidation sites excluding steroid dienone is 3. The van der Waals surface area contributed by atoms with E-state index in [4.69, 9.17) is 15.0 Å². The Kier molecular flexibility index (Phi) is 7.14. The Hall–Kier alpha value is -6.36. The maximum Gasteiger partial charge on any atom is 0.164 e. The third-order valence-electron chi connectivity index (χ3n) is 11.2. The second-order valence-electron chi connectivity index (χ2n) is 14.2. The van der Waals surface area contributed by atoms with Crippen LogP contribution in [0.15, 0.2) is 191 Å². The van der Waals surface area contributed by atoms with Crippen molar-refractivity contribution in [1.29, 1.82) is 0 Å². The largest absolute Gasteiger partial charge is 0.208 e. The first-order valence-electron chi connectivity index (χ1n) is 18.6. The van der Waals surface area contributed by atoms with Crippen molar-refractivity contribution in [1.82, 2.24) is 15.0 Å². The monoisotopic (exact) mass is 707 g/mol. The number of aromatic nitrogens is 3. The molecule has 1 unspecified atom stereocenters. The van der Waals surface area contributed by atoms with Gasteiger partial charge < -0.3 is 0 Å². The van der Waals surface area contributed by atoms with Gasteiger partial charge in [0.2, 0.25) is 0 Å². The molecule has 0 bridgehead atoms. The van der Waals surface area contributed by atoms with Crippen LogP contribution in [0.1, 0.15) is 29.5 Å². The molecule has 0 N–H and O–H groups in total. The molecule has 54 heavy (non-hydrogen) atoms. The summed E-state index contributed by atoms with van der Waals surface area (Å²) in [6, 6.07) is 58.8. The fourth-order valence-corrected chi connectivity index (χ4v) is 10.0. The lowest BCUT2D eigenvalue weighted by Gasteiger charge is -2.42. The molecule has 1 spiro atoms. The van der Waals surface area contributed by atoms with Crippen molar-refractivity contribution >= 4 is 22.5 Å². The lowest BCUT2D eigenvalue weighted by atomic mass is 9.65. The SMILES string of the molecule is C1=C2Sc3cc(-c4nc(-c5ccccc5)nc(-c5ccc(-c6ccccc6)cc5)n4)ccc3C3(C2=CCC1)c1ccccc1-c1cc2ccccc2cc13. The average molecular weight is 708 g/mol. The number of hydrogen-bond donors (Lipinski definition) is 0. The Labute approximate surface area is 318 Å². The number of rotatable bonds is 4. The third kappa shape index (κ3) is 4.80. The molecule has 0 saturated carbocycles. The van der Waals surface area contributed by atoms with Gasteiger partial charge in [-0.25, -0.2) is 15.0 Å².